The summed E-state index contributed by atoms with van der Waals surface area (Å²) in [5, 5.41) is 3.56. The van der Waals surface area contributed by atoms with Crippen LogP contribution in [-0.2, 0) is 16.9 Å². The number of aryl methyl sites for hydroxylation is 2. The number of anilines is 2. The largest absolute Gasteiger partial charge is 0.456 e. The predicted octanol–water partition coefficient (Wildman–Crippen LogP) is 7.46. The highest BCUT2D eigenvalue weighted by atomic mass is 16.6. The number of carbonyl (C=O) groups is 1. The minimum atomic E-state index is -1.08. The molecular formula is C33H32N2O3. The predicted molar refractivity (Wildman–Crippen MR) is 151 cm³/mol. The summed E-state index contributed by atoms with van der Waals surface area (Å²) in [5.74, 6) is 1.09. The summed E-state index contributed by atoms with van der Waals surface area (Å²) in [7, 11) is 0. The molecule has 192 valence electrons. The number of hydrogen-bond donors (Lipinski definition) is 1. The Morgan fingerprint density at radius 3 is 2.42 bits per heavy atom. The number of hydrogen-bond acceptors (Lipinski definition) is 5. The van der Waals surface area contributed by atoms with Gasteiger partial charge in [0.05, 0.1) is 5.56 Å². The van der Waals surface area contributed by atoms with Crippen LogP contribution in [-0.4, -0.2) is 24.0 Å². The van der Waals surface area contributed by atoms with Gasteiger partial charge in [-0.25, -0.2) is 4.79 Å². The molecule has 6 rings (SSSR count). The van der Waals surface area contributed by atoms with Crippen molar-refractivity contribution in [3.8, 4) is 11.5 Å². The molecule has 0 saturated carbocycles. The van der Waals surface area contributed by atoms with Gasteiger partial charge in [-0.1, -0.05) is 61.9 Å². The van der Waals surface area contributed by atoms with E-state index >= 15 is 0 Å². The van der Waals surface area contributed by atoms with E-state index < -0.39 is 5.60 Å². The van der Waals surface area contributed by atoms with Gasteiger partial charge >= 0.3 is 5.97 Å². The fourth-order valence-electron chi connectivity index (χ4n) is 5.71. The molecule has 4 aromatic carbocycles. The molecule has 1 unspecified atom stereocenters. The summed E-state index contributed by atoms with van der Waals surface area (Å²) < 4.78 is 12.9. The van der Waals surface area contributed by atoms with Gasteiger partial charge < -0.3 is 14.8 Å². The quantitative estimate of drug-likeness (QED) is 0.276. The number of fused-ring (bicyclic) bond motifs is 6. The van der Waals surface area contributed by atoms with Gasteiger partial charge in [-0.2, -0.15) is 0 Å². The van der Waals surface area contributed by atoms with Gasteiger partial charge in [-0.15, -0.1) is 0 Å². The van der Waals surface area contributed by atoms with Crippen LogP contribution in [0, 0.1) is 13.8 Å². The van der Waals surface area contributed by atoms with Crippen molar-refractivity contribution in [3.05, 3.63) is 118 Å². The fourth-order valence-corrected chi connectivity index (χ4v) is 5.71. The summed E-state index contributed by atoms with van der Waals surface area (Å²) in [6.45, 7) is 11.3. The lowest BCUT2D eigenvalue weighted by atomic mass is 9.77. The Kier molecular flexibility index (Phi) is 5.96. The summed E-state index contributed by atoms with van der Waals surface area (Å²) >= 11 is 0. The molecule has 0 aliphatic carbocycles. The highest BCUT2D eigenvalue weighted by molar-refractivity contribution is 5.97. The smallest absolute Gasteiger partial charge is 0.340 e. The van der Waals surface area contributed by atoms with Crippen LogP contribution < -0.4 is 10.1 Å². The molecule has 0 fully saturated rings. The molecule has 1 atom stereocenters. The lowest BCUT2D eigenvalue weighted by molar-refractivity contribution is 0.0224. The maximum absolute atomic E-state index is 13.2. The maximum Gasteiger partial charge on any atom is 0.340 e. The average molecular weight is 505 g/mol. The number of benzene rings is 4. The van der Waals surface area contributed by atoms with Crippen LogP contribution >= 0.6 is 0 Å². The van der Waals surface area contributed by atoms with E-state index in [9.17, 15) is 4.79 Å². The minimum Gasteiger partial charge on any atom is -0.456 e. The van der Waals surface area contributed by atoms with Crippen molar-refractivity contribution in [1.82, 2.24) is 4.90 Å². The molecule has 1 N–H and O–H groups in total. The summed E-state index contributed by atoms with van der Waals surface area (Å²) in [6.07, 6.45) is 0. The van der Waals surface area contributed by atoms with Crippen LogP contribution in [0.4, 0.5) is 11.4 Å². The van der Waals surface area contributed by atoms with E-state index in [0.29, 0.717) is 11.3 Å². The topological polar surface area (TPSA) is 50.8 Å². The summed E-state index contributed by atoms with van der Waals surface area (Å²) in [4.78, 5) is 15.6. The van der Waals surface area contributed by atoms with E-state index in [2.05, 4.69) is 80.4 Å². The number of carbonyl (C=O) groups excluding carboxylic acids is 1. The molecule has 0 amide bonds. The van der Waals surface area contributed by atoms with Crippen LogP contribution in [0.15, 0.2) is 78.9 Å². The van der Waals surface area contributed by atoms with Gasteiger partial charge in [0.15, 0.2) is 5.60 Å². The van der Waals surface area contributed by atoms with Crippen molar-refractivity contribution in [1.29, 1.82) is 0 Å². The zero-order chi connectivity index (χ0) is 26.4. The molecule has 38 heavy (non-hydrogen) atoms. The molecule has 2 aliphatic heterocycles. The number of ether oxygens (including phenoxy) is 2. The third-order valence-corrected chi connectivity index (χ3v) is 7.74. The molecule has 2 aliphatic rings. The van der Waals surface area contributed by atoms with Crippen molar-refractivity contribution in [3.63, 3.8) is 0 Å². The Labute approximate surface area is 224 Å². The first-order valence-corrected chi connectivity index (χ1v) is 13.3. The number of esters is 1. The molecule has 0 saturated heterocycles. The summed E-state index contributed by atoms with van der Waals surface area (Å²) in [6, 6.07) is 26.3. The third-order valence-electron chi connectivity index (χ3n) is 7.74. The molecular weight excluding hydrogens is 472 g/mol. The molecule has 0 radical (unpaired) electrons. The van der Waals surface area contributed by atoms with Gasteiger partial charge in [0.1, 0.15) is 11.5 Å². The Hall–Kier alpha value is -4.09. The van der Waals surface area contributed by atoms with Gasteiger partial charge in [0.2, 0.25) is 0 Å². The third kappa shape index (κ3) is 3.86. The van der Waals surface area contributed by atoms with Gasteiger partial charge in [-0.3, -0.25) is 4.90 Å². The summed E-state index contributed by atoms with van der Waals surface area (Å²) in [5.41, 5.74) is 7.50. The molecule has 0 bridgehead atoms. The van der Waals surface area contributed by atoms with E-state index in [1.807, 2.05) is 36.4 Å². The van der Waals surface area contributed by atoms with Crippen molar-refractivity contribution in [2.75, 3.05) is 18.4 Å². The second kappa shape index (κ2) is 9.34. The first-order chi connectivity index (χ1) is 18.4. The lowest BCUT2D eigenvalue weighted by Crippen LogP contribution is -2.33. The van der Waals surface area contributed by atoms with Gasteiger partial charge in [0, 0.05) is 34.6 Å². The molecule has 2 heterocycles. The second-order valence-electron chi connectivity index (χ2n) is 10.2. The normalized spacial score (nSPS) is 17.0. The number of rotatable bonds is 6. The van der Waals surface area contributed by atoms with E-state index in [4.69, 9.17) is 9.47 Å². The number of nitrogens with zero attached hydrogens (tertiary/aromatic N) is 1. The van der Waals surface area contributed by atoms with E-state index in [0.717, 1.165) is 64.6 Å². The van der Waals surface area contributed by atoms with E-state index in [1.165, 1.54) is 5.56 Å². The van der Waals surface area contributed by atoms with Crippen LogP contribution in [0.5, 0.6) is 11.5 Å². The fraction of sp³-hybridized carbons (Fsp3) is 0.242. The zero-order valence-electron chi connectivity index (χ0n) is 22.3. The lowest BCUT2D eigenvalue weighted by Gasteiger charge is -2.37. The van der Waals surface area contributed by atoms with Crippen LogP contribution in [0.1, 0.15) is 57.6 Å². The van der Waals surface area contributed by atoms with Gasteiger partial charge in [-0.05, 0) is 74.5 Å². The Morgan fingerprint density at radius 1 is 0.816 bits per heavy atom. The highest BCUT2D eigenvalue weighted by Gasteiger charge is 2.53. The Bertz CT molecular complexity index is 1560. The first kappa shape index (κ1) is 24.3. The van der Waals surface area contributed by atoms with Crippen molar-refractivity contribution < 1.29 is 14.3 Å². The average Bonchev–Trinajstić information content (AvgIpc) is 3.22. The minimum absolute atomic E-state index is 0.320. The molecule has 4 aromatic rings. The first-order valence-electron chi connectivity index (χ1n) is 13.3. The Balaban J connectivity index is 1.50. The monoisotopic (exact) mass is 504 g/mol. The van der Waals surface area contributed by atoms with Crippen molar-refractivity contribution in [2.24, 2.45) is 0 Å². The van der Waals surface area contributed by atoms with Crippen molar-refractivity contribution >= 4 is 17.3 Å². The maximum atomic E-state index is 13.2. The standard InChI is InChI=1S/C33H32N2O3/c1-5-35(6-2)20-23-12-14-27-31(18-23)37-30-16-13-24(34-29-15-11-21(3)17-22(29)4)19-28(30)33(27)26-10-8-7-9-25(26)32(36)38-33/h7-19,34H,5-6,20H2,1-4H3. The molecule has 5 heteroatoms. The number of nitrogens with one attached hydrogen (secondary N) is 1. The second-order valence-corrected chi connectivity index (χ2v) is 10.2. The van der Waals surface area contributed by atoms with Crippen LogP contribution in [0.2, 0.25) is 0 Å². The Morgan fingerprint density at radius 2 is 1.63 bits per heavy atom. The molecule has 1 spiro atoms. The molecule has 0 aromatic heterocycles. The van der Waals surface area contributed by atoms with Gasteiger partial charge in [0.25, 0.3) is 0 Å². The SMILES string of the molecule is CCN(CC)Cc1ccc2c(c1)Oc1ccc(Nc3ccc(C)cc3C)cc1C21OC(=O)c2ccccc21. The van der Waals surface area contributed by atoms with E-state index in [1.54, 1.807) is 0 Å². The van der Waals surface area contributed by atoms with E-state index in [-0.39, 0.29) is 5.97 Å². The molecule has 5 nitrogen and oxygen atoms in total. The van der Waals surface area contributed by atoms with Crippen molar-refractivity contribution in [2.45, 2.75) is 39.8 Å². The zero-order valence-corrected chi connectivity index (χ0v) is 22.3. The van der Waals surface area contributed by atoms with Crippen LogP contribution in [0.3, 0.4) is 0 Å². The highest BCUT2D eigenvalue weighted by Crippen LogP contribution is 2.56. The van der Waals surface area contributed by atoms with Crippen LogP contribution in [0.25, 0.3) is 0 Å².